The minimum atomic E-state index is -4.43. The number of halogens is 3. The zero-order valence-corrected chi connectivity index (χ0v) is 12.7. The van der Waals surface area contributed by atoms with E-state index >= 15 is 0 Å². The number of ether oxygens (including phenoxy) is 1. The van der Waals surface area contributed by atoms with Crippen LogP contribution in [0.15, 0.2) is 53.7 Å². The Morgan fingerprint density at radius 3 is 2.58 bits per heavy atom. The molecule has 124 valence electrons. The van der Waals surface area contributed by atoms with E-state index < -0.39 is 11.7 Å². The fourth-order valence-electron chi connectivity index (χ4n) is 2.02. The van der Waals surface area contributed by atoms with Crippen molar-refractivity contribution in [2.45, 2.75) is 12.8 Å². The van der Waals surface area contributed by atoms with Gasteiger partial charge in [-0.3, -0.25) is 0 Å². The van der Waals surface area contributed by atoms with E-state index in [1.807, 2.05) is 6.07 Å². The molecule has 24 heavy (non-hydrogen) atoms. The molecule has 0 aliphatic rings. The number of benzene rings is 2. The van der Waals surface area contributed by atoms with Gasteiger partial charge in [0, 0.05) is 5.56 Å². The number of hydrogen-bond donors (Lipinski definition) is 0. The van der Waals surface area contributed by atoms with Gasteiger partial charge < -0.3 is 9.57 Å². The minimum absolute atomic E-state index is 0.0120. The second kappa shape index (κ2) is 7.51. The highest BCUT2D eigenvalue weighted by atomic mass is 19.4. The Morgan fingerprint density at radius 1 is 1.17 bits per heavy atom. The highest BCUT2D eigenvalue weighted by Crippen LogP contribution is 2.31. The van der Waals surface area contributed by atoms with Gasteiger partial charge in [0.25, 0.3) is 0 Å². The number of alkyl halides is 3. The Kier molecular flexibility index (Phi) is 5.42. The van der Waals surface area contributed by atoms with Gasteiger partial charge in [0.1, 0.15) is 25.5 Å². The van der Waals surface area contributed by atoms with E-state index in [9.17, 15) is 13.2 Å². The predicted octanol–water partition coefficient (Wildman–Crippen LogP) is 4.16. The summed E-state index contributed by atoms with van der Waals surface area (Å²) >= 11 is 0. The molecule has 0 radical (unpaired) electrons. The predicted molar refractivity (Wildman–Crippen MR) is 81.4 cm³/mol. The summed E-state index contributed by atoms with van der Waals surface area (Å²) in [6.07, 6.45) is -4.43. The number of rotatable bonds is 5. The van der Waals surface area contributed by atoms with Crippen LogP contribution in [-0.2, 0) is 17.6 Å². The maximum absolute atomic E-state index is 12.7. The van der Waals surface area contributed by atoms with Crippen LogP contribution in [0.3, 0.4) is 0 Å². The third kappa shape index (κ3) is 4.26. The van der Waals surface area contributed by atoms with Gasteiger partial charge >= 0.3 is 6.18 Å². The lowest BCUT2D eigenvalue weighted by Gasteiger charge is -2.12. The van der Waals surface area contributed by atoms with Crippen molar-refractivity contribution < 1.29 is 22.7 Å². The first-order valence-corrected chi connectivity index (χ1v) is 6.85. The van der Waals surface area contributed by atoms with Gasteiger partial charge in [-0.05, 0) is 23.8 Å². The Labute approximate surface area is 136 Å². The third-order valence-electron chi connectivity index (χ3n) is 3.12. The van der Waals surface area contributed by atoms with Crippen molar-refractivity contribution in [2.75, 3.05) is 7.11 Å². The molecule has 0 heterocycles. The van der Waals surface area contributed by atoms with E-state index in [4.69, 9.17) is 10.00 Å². The summed E-state index contributed by atoms with van der Waals surface area (Å²) < 4.78 is 43.6. The first kappa shape index (κ1) is 17.3. The van der Waals surface area contributed by atoms with Gasteiger partial charge in [0.05, 0.1) is 5.56 Å². The molecule has 0 unspecified atom stereocenters. The Morgan fingerprint density at radius 2 is 1.92 bits per heavy atom. The summed E-state index contributed by atoms with van der Waals surface area (Å²) in [5.74, 6) is 0.0850. The molecule has 0 N–H and O–H groups in total. The van der Waals surface area contributed by atoms with Crippen LogP contribution in [0.4, 0.5) is 13.2 Å². The smallest absolute Gasteiger partial charge is 0.416 e. The van der Waals surface area contributed by atoms with Gasteiger partial charge in [-0.25, -0.2) is 0 Å². The topological polar surface area (TPSA) is 54.6 Å². The van der Waals surface area contributed by atoms with Crippen LogP contribution in [0, 0.1) is 11.3 Å². The summed E-state index contributed by atoms with van der Waals surface area (Å²) in [5.41, 5.74) is 0.369. The molecule has 7 heteroatoms. The van der Waals surface area contributed by atoms with Gasteiger partial charge in [-0.15, -0.1) is 0 Å². The fourth-order valence-corrected chi connectivity index (χ4v) is 2.02. The van der Waals surface area contributed by atoms with Gasteiger partial charge in [-0.1, -0.05) is 35.5 Å². The van der Waals surface area contributed by atoms with Crippen molar-refractivity contribution >= 4 is 5.71 Å². The number of oxime groups is 1. The summed E-state index contributed by atoms with van der Waals surface area (Å²) in [4.78, 5) is 4.62. The zero-order valence-electron chi connectivity index (χ0n) is 12.7. The van der Waals surface area contributed by atoms with E-state index in [0.717, 1.165) is 12.1 Å². The van der Waals surface area contributed by atoms with Crippen molar-refractivity contribution in [3.05, 3.63) is 65.2 Å². The fraction of sp³-hybridized carbons (Fsp3) is 0.176. The summed E-state index contributed by atoms with van der Waals surface area (Å²) in [6.45, 7) is -0.0120. The van der Waals surface area contributed by atoms with E-state index in [2.05, 4.69) is 9.99 Å². The van der Waals surface area contributed by atoms with E-state index in [1.54, 1.807) is 24.3 Å². The van der Waals surface area contributed by atoms with Crippen LogP contribution in [0.1, 0.15) is 16.7 Å². The van der Waals surface area contributed by atoms with Crippen LogP contribution >= 0.6 is 0 Å². The highest BCUT2D eigenvalue weighted by Gasteiger charge is 2.30. The summed E-state index contributed by atoms with van der Waals surface area (Å²) in [6, 6.07) is 13.3. The molecule has 2 rings (SSSR count). The van der Waals surface area contributed by atoms with Crippen molar-refractivity contribution in [3.8, 4) is 11.8 Å². The second-order valence-electron chi connectivity index (χ2n) is 4.71. The van der Waals surface area contributed by atoms with Crippen LogP contribution in [0.5, 0.6) is 5.75 Å². The van der Waals surface area contributed by atoms with Crippen molar-refractivity contribution in [2.24, 2.45) is 5.16 Å². The Bertz CT molecular complexity index is 780. The van der Waals surface area contributed by atoms with Gasteiger partial charge in [-0.2, -0.15) is 18.4 Å². The molecule has 0 saturated heterocycles. The zero-order chi connectivity index (χ0) is 17.6. The number of nitrogens with zero attached hydrogens (tertiary/aromatic N) is 2. The molecule has 0 spiro atoms. The summed E-state index contributed by atoms with van der Waals surface area (Å²) in [5, 5.41) is 12.7. The van der Waals surface area contributed by atoms with Crippen molar-refractivity contribution in [1.82, 2.24) is 0 Å². The lowest BCUT2D eigenvalue weighted by molar-refractivity contribution is -0.137. The lowest BCUT2D eigenvalue weighted by atomic mass is 10.0. The van der Waals surface area contributed by atoms with E-state index in [-0.39, 0.29) is 18.1 Å². The quantitative estimate of drug-likeness (QED) is 0.609. The van der Waals surface area contributed by atoms with Crippen LogP contribution in [0.2, 0.25) is 0 Å². The van der Waals surface area contributed by atoms with Crippen molar-refractivity contribution in [3.63, 3.8) is 0 Å². The van der Waals surface area contributed by atoms with Gasteiger partial charge in [0.2, 0.25) is 0 Å². The molecule has 0 aliphatic heterocycles. The molecule has 0 atom stereocenters. The third-order valence-corrected chi connectivity index (χ3v) is 3.12. The van der Waals surface area contributed by atoms with Crippen LogP contribution in [-0.4, -0.2) is 12.8 Å². The minimum Gasteiger partial charge on any atom is -0.489 e. The van der Waals surface area contributed by atoms with Crippen molar-refractivity contribution in [1.29, 1.82) is 5.26 Å². The number of nitriles is 1. The average molecular weight is 334 g/mol. The summed E-state index contributed by atoms with van der Waals surface area (Å²) in [7, 11) is 1.32. The normalized spacial score (nSPS) is 11.7. The Hall–Kier alpha value is -3.01. The molecule has 0 saturated carbocycles. The Balaban J connectivity index is 2.22. The number of hydrogen-bond acceptors (Lipinski definition) is 4. The van der Waals surface area contributed by atoms with Gasteiger partial charge in [0.15, 0.2) is 5.71 Å². The second-order valence-corrected chi connectivity index (χ2v) is 4.71. The molecular weight excluding hydrogens is 321 g/mol. The first-order chi connectivity index (χ1) is 11.5. The van der Waals surface area contributed by atoms with E-state index in [1.165, 1.54) is 19.2 Å². The lowest BCUT2D eigenvalue weighted by Crippen LogP contribution is -2.07. The van der Waals surface area contributed by atoms with Crippen LogP contribution in [0.25, 0.3) is 0 Å². The molecular formula is C17H13F3N2O2. The molecule has 0 fully saturated rings. The van der Waals surface area contributed by atoms with E-state index in [0.29, 0.717) is 11.1 Å². The maximum atomic E-state index is 12.7. The largest absolute Gasteiger partial charge is 0.489 e. The molecule has 0 aliphatic carbocycles. The first-order valence-electron chi connectivity index (χ1n) is 6.85. The molecule has 0 bridgehead atoms. The monoisotopic (exact) mass is 334 g/mol. The molecule has 4 nitrogen and oxygen atoms in total. The average Bonchev–Trinajstić information content (AvgIpc) is 2.58. The molecule has 0 amide bonds. The SMILES string of the molecule is CO/N=C(\C#N)c1ccccc1COc1cccc(C(F)(F)F)c1. The highest BCUT2D eigenvalue weighted by molar-refractivity contribution is 6.12. The molecule has 2 aromatic carbocycles. The van der Waals surface area contributed by atoms with Crippen LogP contribution < -0.4 is 4.74 Å². The molecule has 0 aromatic heterocycles. The standard InChI is InChI=1S/C17H13F3N2O2/c1-23-22-16(10-21)15-8-3-2-5-12(15)11-24-14-7-4-6-13(9-14)17(18,19)20/h2-9H,11H2,1H3/b22-16+. The maximum Gasteiger partial charge on any atom is 0.416 e. The molecule has 2 aromatic rings.